The Morgan fingerprint density at radius 1 is 1.10 bits per heavy atom. The second-order valence-corrected chi connectivity index (χ2v) is 7.22. The molecule has 0 radical (unpaired) electrons. The van der Waals surface area contributed by atoms with Crippen molar-refractivity contribution in [1.82, 2.24) is 4.90 Å². The van der Waals surface area contributed by atoms with E-state index in [1.54, 1.807) is 0 Å². The van der Waals surface area contributed by atoms with Crippen molar-refractivity contribution >= 4 is 11.8 Å². The van der Waals surface area contributed by atoms with Gasteiger partial charge in [-0.1, -0.05) is 0 Å². The summed E-state index contributed by atoms with van der Waals surface area (Å²) in [6.07, 6.45) is -4.75. The average Bonchev–Trinajstić information content (AvgIpc) is 2.72. The van der Waals surface area contributed by atoms with Gasteiger partial charge in [0.25, 0.3) is 5.91 Å². The van der Waals surface area contributed by atoms with E-state index in [0.29, 0.717) is 5.75 Å². The Balaban J connectivity index is 1.75. The SMILES string of the molecule is NC(=O)CC1(COc2ccc(F)cc2)CN(C(=O)c2ccc(C(F)(F)F)cc2)CCO1. The standard InChI is InChI=1S/C21H20F4N2O4/c22-16-5-7-17(8-6-16)30-13-20(11-18(26)28)12-27(9-10-31-20)19(29)14-1-3-15(4-2-14)21(23,24)25/h1-8H,9-13H2,(H2,26,28). The predicted octanol–water partition coefficient (Wildman–Crippen LogP) is 3.01. The van der Waals surface area contributed by atoms with E-state index in [0.717, 1.165) is 24.3 Å². The first-order chi connectivity index (χ1) is 14.6. The minimum Gasteiger partial charge on any atom is -0.490 e. The molecule has 10 heteroatoms. The van der Waals surface area contributed by atoms with Gasteiger partial charge in [-0.25, -0.2) is 4.39 Å². The van der Waals surface area contributed by atoms with Crippen LogP contribution < -0.4 is 10.5 Å². The third-order valence-corrected chi connectivity index (χ3v) is 4.81. The molecule has 6 nitrogen and oxygen atoms in total. The van der Waals surface area contributed by atoms with E-state index in [2.05, 4.69) is 0 Å². The highest BCUT2D eigenvalue weighted by Crippen LogP contribution is 2.30. The lowest BCUT2D eigenvalue weighted by Gasteiger charge is -2.42. The number of rotatable bonds is 6. The summed E-state index contributed by atoms with van der Waals surface area (Å²) >= 11 is 0. The normalized spacial score (nSPS) is 19.2. The molecule has 1 fully saturated rings. The van der Waals surface area contributed by atoms with Gasteiger partial charge in [0.15, 0.2) is 0 Å². The smallest absolute Gasteiger partial charge is 0.416 e. The molecule has 0 saturated carbocycles. The van der Waals surface area contributed by atoms with Crippen molar-refractivity contribution in [3.8, 4) is 5.75 Å². The van der Waals surface area contributed by atoms with Gasteiger partial charge in [0.2, 0.25) is 5.91 Å². The number of carbonyl (C=O) groups is 2. The van der Waals surface area contributed by atoms with Gasteiger partial charge in [0.1, 0.15) is 23.8 Å². The van der Waals surface area contributed by atoms with Crippen LogP contribution in [0.2, 0.25) is 0 Å². The van der Waals surface area contributed by atoms with Crippen LogP contribution in [0.3, 0.4) is 0 Å². The molecule has 2 N–H and O–H groups in total. The number of ether oxygens (including phenoxy) is 2. The predicted molar refractivity (Wildman–Crippen MR) is 102 cm³/mol. The molecule has 1 aliphatic heterocycles. The van der Waals surface area contributed by atoms with Gasteiger partial charge >= 0.3 is 6.18 Å². The maximum absolute atomic E-state index is 13.1. The number of benzene rings is 2. The molecule has 2 aromatic rings. The van der Waals surface area contributed by atoms with Gasteiger partial charge in [-0.2, -0.15) is 13.2 Å². The number of hydrogen-bond donors (Lipinski definition) is 1. The van der Waals surface area contributed by atoms with Gasteiger partial charge in [0, 0.05) is 12.1 Å². The van der Waals surface area contributed by atoms with Crippen LogP contribution in [0, 0.1) is 5.82 Å². The van der Waals surface area contributed by atoms with Crippen LogP contribution in [0.4, 0.5) is 17.6 Å². The number of alkyl halides is 3. The maximum Gasteiger partial charge on any atom is 0.416 e. The molecule has 1 saturated heterocycles. The van der Waals surface area contributed by atoms with Gasteiger partial charge < -0.3 is 20.1 Å². The Labute approximate surface area is 175 Å². The van der Waals surface area contributed by atoms with Crippen LogP contribution in [0.25, 0.3) is 0 Å². The van der Waals surface area contributed by atoms with Crippen LogP contribution in [-0.4, -0.2) is 48.6 Å². The third-order valence-electron chi connectivity index (χ3n) is 4.81. The second-order valence-electron chi connectivity index (χ2n) is 7.22. The number of carbonyl (C=O) groups excluding carboxylic acids is 2. The minimum atomic E-state index is -4.51. The fourth-order valence-corrected chi connectivity index (χ4v) is 3.31. The van der Waals surface area contributed by atoms with E-state index in [1.807, 2.05) is 0 Å². The van der Waals surface area contributed by atoms with E-state index in [4.69, 9.17) is 15.2 Å². The number of halogens is 4. The largest absolute Gasteiger partial charge is 0.490 e. The zero-order valence-electron chi connectivity index (χ0n) is 16.3. The van der Waals surface area contributed by atoms with Crippen molar-refractivity contribution in [2.45, 2.75) is 18.2 Å². The molecule has 1 unspecified atom stereocenters. The number of amides is 2. The highest BCUT2D eigenvalue weighted by atomic mass is 19.4. The molecule has 3 rings (SSSR count). The fourth-order valence-electron chi connectivity index (χ4n) is 3.31. The minimum absolute atomic E-state index is 0.0585. The van der Waals surface area contributed by atoms with Crippen LogP contribution in [-0.2, 0) is 15.7 Å². The summed E-state index contributed by atoms with van der Waals surface area (Å²) in [5.74, 6) is -1.29. The van der Waals surface area contributed by atoms with Crippen molar-refractivity contribution in [2.24, 2.45) is 5.73 Å². The molecule has 0 spiro atoms. The summed E-state index contributed by atoms with van der Waals surface area (Å²) in [6.45, 7) is 0.0543. The topological polar surface area (TPSA) is 81.9 Å². The molecule has 0 aromatic heterocycles. The lowest BCUT2D eigenvalue weighted by atomic mass is 9.97. The van der Waals surface area contributed by atoms with E-state index in [9.17, 15) is 27.2 Å². The summed E-state index contributed by atoms with van der Waals surface area (Å²) in [6, 6.07) is 9.10. The number of nitrogens with two attached hydrogens (primary N) is 1. The fraction of sp³-hybridized carbons (Fsp3) is 0.333. The maximum atomic E-state index is 13.1. The molecule has 1 aliphatic rings. The average molecular weight is 440 g/mol. The van der Waals surface area contributed by atoms with Gasteiger partial charge in [-0.05, 0) is 48.5 Å². The van der Waals surface area contributed by atoms with Gasteiger partial charge in [-0.3, -0.25) is 9.59 Å². The first-order valence-electron chi connectivity index (χ1n) is 9.35. The Morgan fingerprint density at radius 3 is 2.32 bits per heavy atom. The Hall–Kier alpha value is -3.14. The van der Waals surface area contributed by atoms with Crippen LogP contribution in [0.15, 0.2) is 48.5 Å². The summed E-state index contributed by atoms with van der Waals surface area (Å²) in [4.78, 5) is 25.8. The van der Waals surface area contributed by atoms with Crippen LogP contribution >= 0.6 is 0 Å². The highest BCUT2D eigenvalue weighted by molar-refractivity contribution is 5.94. The van der Waals surface area contributed by atoms with Gasteiger partial charge in [-0.15, -0.1) is 0 Å². The number of nitrogens with zero attached hydrogens (tertiary/aromatic N) is 1. The molecular formula is C21H20F4N2O4. The van der Waals surface area contributed by atoms with E-state index < -0.39 is 35.0 Å². The first kappa shape index (κ1) is 22.5. The number of hydrogen-bond acceptors (Lipinski definition) is 4. The van der Waals surface area contributed by atoms with Crippen molar-refractivity contribution in [3.05, 3.63) is 65.5 Å². The van der Waals surface area contributed by atoms with Crippen LogP contribution in [0.5, 0.6) is 5.75 Å². The number of morpholine rings is 1. The zero-order valence-corrected chi connectivity index (χ0v) is 16.3. The quantitative estimate of drug-likeness (QED) is 0.701. The van der Waals surface area contributed by atoms with Crippen molar-refractivity contribution in [3.63, 3.8) is 0 Å². The molecular weight excluding hydrogens is 420 g/mol. The first-order valence-corrected chi connectivity index (χ1v) is 9.35. The molecule has 1 atom stereocenters. The third kappa shape index (κ3) is 5.72. The van der Waals surface area contributed by atoms with Crippen molar-refractivity contribution in [2.75, 3.05) is 26.3 Å². The zero-order chi connectivity index (χ0) is 22.6. The highest BCUT2D eigenvalue weighted by Gasteiger charge is 2.41. The molecule has 166 valence electrons. The molecule has 0 bridgehead atoms. The van der Waals surface area contributed by atoms with Crippen molar-refractivity contribution in [1.29, 1.82) is 0 Å². The van der Waals surface area contributed by atoms with Crippen LogP contribution in [0.1, 0.15) is 22.3 Å². The van der Waals surface area contributed by atoms with E-state index in [-0.39, 0.29) is 38.3 Å². The van der Waals surface area contributed by atoms with Crippen molar-refractivity contribution < 1.29 is 36.6 Å². The Kier molecular flexibility index (Phi) is 6.49. The van der Waals surface area contributed by atoms with E-state index in [1.165, 1.54) is 29.2 Å². The Morgan fingerprint density at radius 2 is 1.74 bits per heavy atom. The molecule has 1 heterocycles. The molecule has 31 heavy (non-hydrogen) atoms. The second kappa shape index (κ2) is 8.93. The summed E-state index contributed by atoms with van der Waals surface area (Å²) in [5.41, 5.74) is 3.32. The number of primary amides is 1. The summed E-state index contributed by atoms with van der Waals surface area (Å²) < 4.78 is 62.7. The van der Waals surface area contributed by atoms with E-state index >= 15 is 0 Å². The Bertz CT molecular complexity index is 932. The van der Waals surface area contributed by atoms with Gasteiger partial charge in [0.05, 0.1) is 25.1 Å². The monoisotopic (exact) mass is 440 g/mol. The summed E-state index contributed by atoms with van der Waals surface area (Å²) in [5, 5.41) is 0. The lowest BCUT2D eigenvalue weighted by Crippen LogP contribution is -2.58. The molecule has 2 aromatic carbocycles. The molecule has 2 amide bonds. The lowest BCUT2D eigenvalue weighted by molar-refractivity contribution is -0.142. The molecule has 0 aliphatic carbocycles. The summed E-state index contributed by atoms with van der Waals surface area (Å²) in [7, 11) is 0.